The van der Waals surface area contributed by atoms with Crippen LogP contribution in [0.5, 0.6) is 0 Å². The minimum Gasteiger partial charge on any atom is -0.350 e. The van der Waals surface area contributed by atoms with E-state index in [0.717, 1.165) is 10.6 Å². The van der Waals surface area contributed by atoms with Crippen LogP contribution in [0.4, 0.5) is 5.69 Å². The molecule has 2 aromatic carbocycles. The van der Waals surface area contributed by atoms with E-state index in [1.54, 1.807) is 29.6 Å². The quantitative estimate of drug-likeness (QED) is 0.712. The topological polar surface area (TPSA) is 71.1 Å². The maximum Gasteiger partial charge on any atom is 0.275 e. The van der Waals surface area contributed by atoms with Gasteiger partial charge in [-0.2, -0.15) is 0 Å². The summed E-state index contributed by atoms with van der Waals surface area (Å²) in [7, 11) is 0. The number of carbonyl (C=O) groups is 2. The molecule has 5 nitrogen and oxygen atoms in total. The number of nitrogens with zero attached hydrogens (tertiary/aromatic N) is 1. The zero-order chi connectivity index (χ0) is 18.5. The minimum absolute atomic E-state index is 0.0744. The molecule has 0 spiro atoms. The molecule has 0 atom stereocenters. The van der Waals surface area contributed by atoms with Gasteiger partial charge in [0, 0.05) is 28.2 Å². The SMILES string of the molecule is CC(C)NC(=O)c1ccc(NC(=O)c2csc(-c3ccccc3)n2)cc1. The lowest BCUT2D eigenvalue weighted by molar-refractivity contribution is 0.0942. The highest BCUT2D eigenvalue weighted by Gasteiger charge is 2.13. The molecule has 1 heterocycles. The van der Waals surface area contributed by atoms with Gasteiger partial charge < -0.3 is 10.6 Å². The Morgan fingerprint density at radius 1 is 0.962 bits per heavy atom. The molecule has 0 saturated heterocycles. The molecule has 0 saturated carbocycles. The van der Waals surface area contributed by atoms with Gasteiger partial charge in [0.2, 0.25) is 0 Å². The summed E-state index contributed by atoms with van der Waals surface area (Å²) < 4.78 is 0. The van der Waals surface area contributed by atoms with Crippen molar-refractivity contribution in [1.29, 1.82) is 0 Å². The van der Waals surface area contributed by atoms with Crippen LogP contribution >= 0.6 is 11.3 Å². The molecule has 2 N–H and O–H groups in total. The van der Waals surface area contributed by atoms with E-state index < -0.39 is 0 Å². The number of carbonyl (C=O) groups excluding carboxylic acids is 2. The van der Waals surface area contributed by atoms with Gasteiger partial charge >= 0.3 is 0 Å². The van der Waals surface area contributed by atoms with E-state index in [2.05, 4.69) is 15.6 Å². The number of nitrogens with one attached hydrogen (secondary N) is 2. The van der Waals surface area contributed by atoms with Crippen LogP contribution in [-0.4, -0.2) is 22.8 Å². The second-order valence-corrected chi connectivity index (χ2v) is 6.92. The predicted octanol–water partition coefficient (Wildman–Crippen LogP) is 4.20. The van der Waals surface area contributed by atoms with Crippen molar-refractivity contribution in [2.24, 2.45) is 0 Å². The fraction of sp³-hybridized carbons (Fsp3) is 0.150. The molecular formula is C20H19N3O2S. The first kappa shape index (κ1) is 17.8. The summed E-state index contributed by atoms with van der Waals surface area (Å²) in [6, 6.07) is 16.6. The molecule has 0 aliphatic carbocycles. The number of benzene rings is 2. The van der Waals surface area contributed by atoms with Crippen molar-refractivity contribution >= 4 is 28.8 Å². The Hall–Kier alpha value is -2.99. The van der Waals surface area contributed by atoms with Crippen LogP contribution in [0.2, 0.25) is 0 Å². The van der Waals surface area contributed by atoms with Crippen LogP contribution < -0.4 is 10.6 Å². The molecule has 1 aromatic heterocycles. The average molecular weight is 365 g/mol. The number of thiazole rings is 1. The van der Waals surface area contributed by atoms with E-state index in [-0.39, 0.29) is 17.9 Å². The van der Waals surface area contributed by atoms with Crippen molar-refractivity contribution < 1.29 is 9.59 Å². The first-order valence-corrected chi connectivity index (χ1v) is 9.14. The predicted molar refractivity (Wildman–Crippen MR) is 105 cm³/mol. The van der Waals surface area contributed by atoms with E-state index in [9.17, 15) is 9.59 Å². The van der Waals surface area contributed by atoms with Crippen LogP contribution in [0.25, 0.3) is 10.6 Å². The Morgan fingerprint density at radius 3 is 2.31 bits per heavy atom. The molecular weight excluding hydrogens is 346 g/mol. The summed E-state index contributed by atoms with van der Waals surface area (Å²) in [6.45, 7) is 3.81. The van der Waals surface area contributed by atoms with Crippen LogP contribution in [0, 0.1) is 0 Å². The number of hydrogen-bond donors (Lipinski definition) is 2. The standard InChI is InChI=1S/C20H19N3O2S/c1-13(2)21-18(24)14-8-10-16(11-9-14)22-19(25)17-12-26-20(23-17)15-6-4-3-5-7-15/h3-13H,1-2H3,(H,21,24)(H,22,25). The maximum absolute atomic E-state index is 12.4. The number of rotatable bonds is 5. The molecule has 0 unspecified atom stereocenters. The first-order chi connectivity index (χ1) is 12.5. The summed E-state index contributed by atoms with van der Waals surface area (Å²) in [5.74, 6) is -0.410. The molecule has 132 valence electrons. The Morgan fingerprint density at radius 2 is 1.65 bits per heavy atom. The van der Waals surface area contributed by atoms with Crippen LogP contribution in [0.3, 0.4) is 0 Å². The normalized spacial score (nSPS) is 10.6. The summed E-state index contributed by atoms with van der Waals surface area (Å²) in [5, 5.41) is 8.17. The molecule has 6 heteroatoms. The molecule has 0 radical (unpaired) electrons. The number of aromatic nitrogens is 1. The second-order valence-electron chi connectivity index (χ2n) is 6.06. The van der Waals surface area contributed by atoms with Crippen molar-refractivity contribution in [2.75, 3.05) is 5.32 Å². The van der Waals surface area contributed by atoms with Crippen molar-refractivity contribution in [3.63, 3.8) is 0 Å². The Kier molecular flexibility index (Phi) is 5.43. The van der Waals surface area contributed by atoms with Gasteiger partial charge in [0.1, 0.15) is 10.7 Å². The van der Waals surface area contributed by atoms with Crippen molar-refractivity contribution in [1.82, 2.24) is 10.3 Å². The molecule has 26 heavy (non-hydrogen) atoms. The van der Waals surface area contributed by atoms with E-state index in [4.69, 9.17) is 0 Å². The number of hydrogen-bond acceptors (Lipinski definition) is 4. The van der Waals surface area contributed by atoms with Gasteiger partial charge in [0.15, 0.2) is 0 Å². The van der Waals surface area contributed by atoms with Gasteiger partial charge in [-0.05, 0) is 38.1 Å². The monoisotopic (exact) mass is 365 g/mol. The largest absolute Gasteiger partial charge is 0.350 e. The fourth-order valence-electron chi connectivity index (χ4n) is 2.34. The van der Waals surface area contributed by atoms with Crippen molar-refractivity contribution in [3.05, 3.63) is 71.2 Å². The summed E-state index contributed by atoms with van der Waals surface area (Å²) in [5.41, 5.74) is 2.52. The highest BCUT2D eigenvalue weighted by atomic mass is 32.1. The van der Waals surface area contributed by atoms with Crippen LogP contribution in [0.1, 0.15) is 34.7 Å². The number of amides is 2. The van der Waals surface area contributed by atoms with E-state index in [1.165, 1.54) is 11.3 Å². The Bertz CT molecular complexity index is 902. The molecule has 0 bridgehead atoms. The highest BCUT2D eigenvalue weighted by Crippen LogP contribution is 2.23. The van der Waals surface area contributed by atoms with E-state index in [0.29, 0.717) is 16.9 Å². The molecule has 0 fully saturated rings. The third-order valence-electron chi connectivity index (χ3n) is 3.58. The summed E-state index contributed by atoms with van der Waals surface area (Å²) in [6.07, 6.45) is 0. The zero-order valence-corrected chi connectivity index (χ0v) is 15.3. The Labute approximate surface area is 156 Å². The van der Waals surface area contributed by atoms with Gasteiger partial charge in [0.05, 0.1) is 0 Å². The summed E-state index contributed by atoms with van der Waals surface area (Å²) in [4.78, 5) is 28.7. The lowest BCUT2D eigenvalue weighted by Gasteiger charge is -2.09. The second kappa shape index (κ2) is 7.93. The van der Waals surface area contributed by atoms with Crippen LogP contribution in [0.15, 0.2) is 60.0 Å². The van der Waals surface area contributed by atoms with Crippen molar-refractivity contribution in [2.45, 2.75) is 19.9 Å². The molecule has 3 rings (SSSR count). The lowest BCUT2D eigenvalue weighted by Crippen LogP contribution is -2.30. The third kappa shape index (κ3) is 4.34. The third-order valence-corrected chi connectivity index (χ3v) is 4.47. The first-order valence-electron chi connectivity index (χ1n) is 8.26. The van der Waals surface area contributed by atoms with E-state index in [1.807, 2.05) is 44.2 Å². The maximum atomic E-state index is 12.4. The molecule has 0 aliphatic heterocycles. The van der Waals surface area contributed by atoms with Gasteiger partial charge in [-0.1, -0.05) is 30.3 Å². The zero-order valence-electron chi connectivity index (χ0n) is 14.5. The molecule has 2 amide bonds. The van der Waals surface area contributed by atoms with Gasteiger partial charge in [-0.3, -0.25) is 9.59 Å². The van der Waals surface area contributed by atoms with Gasteiger partial charge in [-0.25, -0.2) is 4.98 Å². The Balaban J connectivity index is 1.67. The number of anilines is 1. The fourth-order valence-corrected chi connectivity index (χ4v) is 3.14. The molecule has 0 aliphatic rings. The lowest BCUT2D eigenvalue weighted by atomic mass is 10.2. The minimum atomic E-state index is -0.275. The van der Waals surface area contributed by atoms with Crippen molar-refractivity contribution in [3.8, 4) is 10.6 Å². The van der Waals surface area contributed by atoms with Gasteiger partial charge in [0.25, 0.3) is 11.8 Å². The van der Waals surface area contributed by atoms with Crippen LogP contribution in [-0.2, 0) is 0 Å². The highest BCUT2D eigenvalue weighted by molar-refractivity contribution is 7.13. The van der Waals surface area contributed by atoms with E-state index >= 15 is 0 Å². The summed E-state index contributed by atoms with van der Waals surface area (Å²) >= 11 is 1.43. The molecule has 3 aromatic rings. The average Bonchev–Trinajstić information content (AvgIpc) is 3.13. The van der Waals surface area contributed by atoms with Gasteiger partial charge in [-0.15, -0.1) is 11.3 Å². The smallest absolute Gasteiger partial charge is 0.275 e.